The predicted molar refractivity (Wildman–Crippen MR) is 70.7 cm³/mol. The van der Waals surface area contributed by atoms with Gasteiger partial charge in [0.25, 0.3) is 0 Å². The molecule has 0 aliphatic carbocycles. The smallest absolute Gasteiger partial charge is 0.334 e. The van der Waals surface area contributed by atoms with Gasteiger partial charge in [-0.1, -0.05) is 30.3 Å². The topological polar surface area (TPSA) is 84.0 Å². The highest BCUT2D eigenvalue weighted by molar-refractivity contribution is 6.44. The van der Waals surface area contributed by atoms with E-state index in [1.807, 2.05) is 6.07 Å². The zero-order valence-corrected chi connectivity index (χ0v) is 11.4. The van der Waals surface area contributed by atoms with Gasteiger partial charge in [-0.25, -0.2) is 4.79 Å². The molecule has 110 valence electrons. The Morgan fingerprint density at radius 3 is 2.29 bits per heavy atom. The number of urea groups is 1. The van der Waals surface area contributed by atoms with Crippen LogP contribution >= 0.6 is 0 Å². The highest BCUT2D eigenvalue weighted by Gasteiger charge is 2.44. The Labute approximate surface area is 121 Å². The van der Waals surface area contributed by atoms with Crippen LogP contribution in [-0.4, -0.2) is 47.3 Å². The summed E-state index contributed by atoms with van der Waals surface area (Å²) in [5.74, 6) is -2.35. The number of hydrogen-bond donors (Lipinski definition) is 0. The monoisotopic (exact) mass is 290 g/mol. The summed E-state index contributed by atoms with van der Waals surface area (Å²) >= 11 is 0. The van der Waals surface area contributed by atoms with Gasteiger partial charge in [0.15, 0.2) is 0 Å². The first-order chi connectivity index (χ1) is 10.0. The van der Waals surface area contributed by atoms with E-state index in [9.17, 15) is 19.2 Å². The van der Waals surface area contributed by atoms with Gasteiger partial charge in [0, 0.05) is 6.54 Å². The lowest BCUT2D eigenvalue weighted by Gasteiger charge is -2.15. The van der Waals surface area contributed by atoms with E-state index < -0.39 is 23.8 Å². The third-order valence-electron chi connectivity index (χ3n) is 3.09. The summed E-state index contributed by atoms with van der Waals surface area (Å²) in [6.45, 7) is -0.139. The molecule has 1 aliphatic rings. The van der Waals surface area contributed by atoms with E-state index in [0.29, 0.717) is 0 Å². The van der Waals surface area contributed by atoms with E-state index in [-0.39, 0.29) is 19.5 Å². The third-order valence-corrected chi connectivity index (χ3v) is 3.09. The second-order valence-corrected chi connectivity index (χ2v) is 4.44. The summed E-state index contributed by atoms with van der Waals surface area (Å²) in [6, 6.07) is 8.15. The van der Waals surface area contributed by atoms with E-state index in [2.05, 4.69) is 4.74 Å². The predicted octanol–water partition coefficient (Wildman–Crippen LogP) is 0.540. The maximum Gasteiger partial charge on any atom is 0.334 e. The van der Waals surface area contributed by atoms with E-state index in [0.717, 1.165) is 15.4 Å². The van der Waals surface area contributed by atoms with Crippen molar-refractivity contribution in [3.05, 3.63) is 35.9 Å². The minimum Gasteiger partial charge on any atom is -0.469 e. The molecule has 0 radical (unpaired) electrons. The second kappa shape index (κ2) is 6.17. The second-order valence-electron chi connectivity index (χ2n) is 4.44. The van der Waals surface area contributed by atoms with Crippen LogP contribution in [0.25, 0.3) is 0 Å². The number of carbonyl (C=O) groups is 4. The van der Waals surface area contributed by atoms with Crippen LogP contribution in [0.3, 0.4) is 0 Å². The molecule has 1 aromatic rings. The van der Waals surface area contributed by atoms with Crippen LogP contribution in [0.2, 0.25) is 0 Å². The number of methoxy groups -OCH3 is 1. The molecule has 1 heterocycles. The lowest BCUT2D eigenvalue weighted by Crippen LogP contribution is -2.34. The van der Waals surface area contributed by atoms with Crippen molar-refractivity contribution in [3.63, 3.8) is 0 Å². The number of amides is 4. The fourth-order valence-corrected chi connectivity index (χ4v) is 1.96. The Hall–Kier alpha value is -2.70. The van der Waals surface area contributed by atoms with E-state index >= 15 is 0 Å². The number of carbonyl (C=O) groups excluding carboxylic acids is 4. The van der Waals surface area contributed by atoms with Crippen LogP contribution in [0.1, 0.15) is 12.0 Å². The Kier molecular flexibility index (Phi) is 4.32. The van der Waals surface area contributed by atoms with Crippen molar-refractivity contribution in [2.24, 2.45) is 0 Å². The lowest BCUT2D eigenvalue weighted by atomic mass is 10.2. The maximum atomic E-state index is 12.1. The maximum absolute atomic E-state index is 12.1. The van der Waals surface area contributed by atoms with Crippen LogP contribution in [0.5, 0.6) is 0 Å². The van der Waals surface area contributed by atoms with E-state index in [4.69, 9.17) is 0 Å². The lowest BCUT2D eigenvalue weighted by molar-refractivity contribution is -0.144. The first-order valence-corrected chi connectivity index (χ1v) is 6.32. The average Bonchev–Trinajstić information content (AvgIpc) is 2.70. The molecule has 0 atom stereocenters. The molecule has 1 aliphatic heterocycles. The third kappa shape index (κ3) is 3.07. The molecule has 1 aromatic carbocycles. The van der Waals surface area contributed by atoms with Gasteiger partial charge in [0.1, 0.15) is 0 Å². The molecule has 0 spiro atoms. The van der Waals surface area contributed by atoms with Crippen molar-refractivity contribution in [2.45, 2.75) is 13.0 Å². The Morgan fingerprint density at radius 2 is 1.67 bits per heavy atom. The van der Waals surface area contributed by atoms with Crippen molar-refractivity contribution in [1.82, 2.24) is 9.80 Å². The largest absolute Gasteiger partial charge is 0.469 e. The van der Waals surface area contributed by atoms with E-state index in [1.165, 1.54) is 7.11 Å². The van der Waals surface area contributed by atoms with Crippen LogP contribution in [0.15, 0.2) is 30.3 Å². The van der Waals surface area contributed by atoms with Crippen molar-refractivity contribution in [1.29, 1.82) is 0 Å². The fourth-order valence-electron chi connectivity index (χ4n) is 1.96. The van der Waals surface area contributed by atoms with Gasteiger partial charge in [-0.15, -0.1) is 0 Å². The van der Waals surface area contributed by atoms with Crippen LogP contribution in [0.4, 0.5) is 4.79 Å². The van der Waals surface area contributed by atoms with Crippen LogP contribution in [-0.2, 0) is 25.7 Å². The average molecular weight is 290 g/mol. The molecule has 4 amide bonds. The van der Waals surface area contributed by atoms with Gasteiger partial charge in [-0.2, -0.15) is 0 Å². The minimum absolute atomic E-state index is 0.0268. The molecule has 0 aromatic heterocycles. The summed E-state index contributed by atoms with van der Waals surface area (Å²) in [7, 11) is 1.21. The minimum atomic E-state index is -0.917. The molecule has 0 unspecified atom stereocenters. The number of nitrogens with zero attached hydrogens (tertiary/aromatic N) is 2. The number of hydrogen-bond acceptors (Lipinski definition) is 5. The number of ether oxygens (including phenoxy) is 1. The number of benzene rings is 1. The molecule has 7 nitrogen and oxygen atoms in total. The summed E-state index contributed by atoms with van der Waals surface area (Å²) < 4.78 is 4.44. The standard InChI is InChI=1S/C14H14N2O5/c1-21-11(17)7-8-15-12(18)13(19)16(14(15)20)9-10-5-3-2-4-6-10/h2-6H,7-9H2,1H3. The summed E-state index contributed by atoms with van der Waals surface area (Å²) in [5, 5.41) is 0. The molecule has 0 bridgehead atoms. The zero-order chi connectivity index (χ0) is 15.4. The van der Waals surface area contributed by atoms with Crippen molar-refractivity contribution in [3.8, 4) is 0 Å². The van der Waals surface area contributed by atoms with Gasteiger partial charge in [-0.3, -0.25) is 24.2 Å². The molecule has 2 rings (SSSR count). The Balaban J connectivity index is 2.07. The van der Waals surface area contributed by atoms with Crippen molar-refractivity contribution < 1.29 is 23.9 Å². The number of esters is 1. The quantitative estimate of drug-likeness (QED) is 0.449. The van der Waals surface area contributed by atoms with Gasteiger partial charge in [-0.05, 0) is 5.56 Å². The molecule has 0 saturated carbocycles. The SMILES string of the molecule is COC(=O)CCN1C(=O)C(=O)N(Cc2ccccc2)C1=O. The zero-order valence-electron chi connectivity index (χ0n) is 11.4. The normalized spacial score (nSPS) is 14.8. The number of imide groups is 2. The first-order valence-electron chi connectivity index (χ1n) is 6.32. The summed E-state index contributed by atoms with van der Waals surface area (Å²) in [4.78, 5) is 48.4. The molecule has 0 N–H and O–H groups in total. The highest BCUT2D eigenvalue weighted by atomic mass is 16.5. The van der Waals surface area contributed by atoms with Crippen LogP contribution in [0, 0.1) is 0 Å². The van der Waals surface area contributed by atoms with Crippen molar-refractivity contribution in [2.75, 3.05) is 13.7 Å². The van der Waals surface area contributed by atoms with Crippen molar-refractivity contribution >= 4 is 23.8 Å². The van der Waals surface area contributed by atoms with Gasteiger partial charge >= 0.3 is 23.8 Å². The fraction of sp³-hybridized carbons (Fsp3) is 0.286. The molecule has 7 heteroatoms. The van der Waals surface area contributed by atoms with Gasteiger partial charge < -0.3 is 4.74 Å². The molecular weight excluding hydrogens is 276 g/mol. The van der Waals surface area contributed by atoms with Gasteiger partial charge in [0.2, 0.25) is 0 Å². The molecule has 1 fully saturated rings. The first kappa shape index (κ1) is 14.7. The van der Waals surface area contributed by atoms with Gasteiger partial charge in [0.05, 0.1) is 20.1 Å². The highest BCUT2D eigenvalue weighted by Crippen LogP contribution is 2.16. The number of rotatable bonds is 5. The summed E-state index contributed by atoms with van der Waals surface area (Å²) in [6.07, 6.45) is -0.138. The molecule has 1 saturated heterocycles. The van der Waals surface area contributed by atoms with Crippen LogP contribution < -0.4 is 0 Å². The molecular formula is C14H14N2O5. The summed E-state index contributed by atoms with van der Waals surface area (Å²) in [5.41, 5.74) is 0.738. The molecule has 21 heavy (non-hydrogen) atoms. The van der Waals surface area contributed by atoms with E-state index in [1.54, 1.807) is 24.3 Å². The Bertz CT molecular complexity index is 584. The Morgan fingerprint density at radius 1 is 1.05 bits per heavy atom.